The number of hydrogen-bond donors (Lipinski definition) is 1. The minimum absolute atomic E-state index is 0.330. The summed E-state index contributed by atoms with van der Waals surface area (Å²) in [4.78, 5) is 0. The Morgan fingerprint density at radius 1 is 1.40 bits per heavy atom. The molecule has 1 atom stereocenters. The second-order valence-electron chi connectivity index (χ2n) is 2.18. The molecule has 0 aromatic rings. The molecule has 1 aliphatic heterocycles. The van der Waals surface area contributed by atoms with Crippen molar-refractivity contribution in [3.63, 3.8) is 0 Å². The molecule has 0 fully saturated rings. The lowest BCUT2D eigenvalue weighted by Gasteiger charge is -2.03. The minimum Gasteiger partial charge on any atom is -0.389 e. The zero-order valence-electron chi connectivity index (χ0n) is 5.82. The number of aliphatic hydroxyl groups excluding tert-OH is 1. The van der Waals surface area contributed by atoms with Gasteiger partial charge >= 0.3 is 0 Å². The Morgan fingerprint density at radius 3 is 3.20 bits per heavy atom. The average molecular weight is 144 g/mol. The van der Waals surface area contributed by atoms with Crippen LogP contribution in [0.25, 0.3) is 0 Å². The van der Waals surface area contributed by atoms with Crippen LogP contribution in [0, 0.1) is 0 Å². The van der Waals surface area contributed by atoms with Crippen molar-refractivity contribution >= 4 is 0 Å². The topological polar surface area (TPSA) is 38.7 Å². The molecule has 10 heavy (non-hydrogen) atoms. The second-order valence-corrected chi connectivity index (χ2v) is 2.18. The molecule has 0 bridgehead atoms. The Balaban J connectivity index is 2.28. The Hall–Kier alpha value is -0.380. The smallest absolute Gasteiger partial charge is 0.147 e. The van der Waals surface area contributed by atoms with Crippen LogP contribution < -0.4 is 0 Å². The van der Waals surface area contributed by atoms with Gasteiger partial charge in [-0.1, -0.05) is 12.2 Å². The highest BCUT2D eigenvalue weighted by Gasteiger charge is 1.99. The summed E-state index contributed by atoms with van der Waals surface area (Å²) in [6.07, 6.45) is 3.81. The van der Waals surface area contributed by atoms with E-state index in [0.29, 0.717) is 26.4 Å². The quantitative estimate of drug-likeness (QED) is 0.497. The van der Waals surface area contributed by atoms with Gasteiger partial charge in [0.25, 0.3) is 0 Å². The molecule has 0 aliphatic carbocycles. The summed E-state index contributed by atoms with van der Waals surface area (Å²) >= 11 is 0. The van der Waals surface area contributed by atoms with E-state index in [1.54, 1.807) is 12.2 Å². The number of rotatable bonds is 0. The third-order valence-corrected chi connectivity index (χ3v) is 1.30. The first-order valence-electron chi connectivity index (χ1n) is 3.40. The van der Waals surface area contributed by atoms with E-state index < -0.39 is 0 Å². The van der Waals surface area contributed by atoms with E-state index in [4.69, 9.17) is 14.6 Å². The van der Waals surface area contributed by atoms with E-state index in [-0.39, 0.29) is 6.10 Å². The van der Waals surface area contributed by atoms with Crippen LogP contribution in [0.2, 0.25) is 0 Å². The summed E-state index contributed by atoms with van der Waals surface area (Å²) in [5.41, 5.74) is 0. The fraction of sp³-hybridized carbons (Fsp3) is 0.714. The lowest BCUT2D eigenvalue weighted by atomic mass is 10.2. The Labute approximate surface area is 60.3 Å². The maximum absolute atomic E-state index is 9.12. The van der Waals surface area contributed by atoms with Crippen LogP contribution in [0.3, 0.4) is 0 Å². The van der Waals surface area contributed by atoms with Gasteiger partial charge in [-0.05, 0) is 0 Å². The lowest BCUT2D eigenvalue weighted by molar-refractivity contribution is -0.0469. The first-order chi connectivity index (χ1) is 4.89. The van der Waals surface area contributed by atoms with Crippen molar-refractivity contribution in [3.8, 4) is 0 Å². The van der Waals surface area contributed by atoms with E-state index in [0.717, 1.165) is 0 Å². The molecule has 0 saturated carbocycles. The van der Waals surface area contributed by atoms with Gasteiger partial charge < -0.3 is 14.6 Å². The zero-order valence-corrected chi connectivity index (χ0v) is 5.82. The van der Waals surface area contributed by atoms with Gasteiger partial charge in [0, 0.05) is 6.42 Å². The van der Waals surface area contributed by atoms with Crippen LogP contribution in [0.4, 0.5) is 0 Å². The standard InChI is InChI=1S/C7H12O3/c8-7-2-1-4-9-6-10-5-3-7/h1-2,7-8H,3-6H2/b2-1+. The highest BCUT2D eigenvalue weighted by atomic mass is 16.7. The Kier molecular flexibility index (Phi) is 3.43. The molecule has 0 spiro atoms. The van der Waals surface area contributed by atoms with Crippen LogP contribution in [0.1, 0.15) is 6.42 Å². The number of ether oxygens (including phenoxy) is 2. The molecule has 1 heterocycles. The summed E-state index contributed by atoms with van der Waals surface area (Å²) in [6, 6.07) is 0. The van der Waals surface area contributed by atoms with Crippen molar-refractivity contribution in [1.82, 2.24) is 0 Å². The maximum atomic E-state index is 9.12. The predicted molar refractivity (Wildman–Crippen MR) is 36.5 cm³/mol. The molecule has 0 aromatic heterocycles. The van der Waals surface area contributed by atoms with Gasteiger partial charge in [0.15, 0.2) is 0 Å². The predicted octanol–water partition coefficient (Wildman–Crippen LogP) is 0.298. The monoisotopic (exact) mass is 144 g/mol. The Morgan fingerprint density at radius 2 is 2.30 bits per heavy atom. The maximum Gasteiger partial charge on any atom is 0.147 e. The second kappa shape index (κ2) is 4.44. The van der Waals surface area contributed by atoms with Gasteiger partial charge in [-0.2, -0.15) is 0 Å². The first kappa shape index (κ1) is 7.72. The number of hydrogen-bond acceptors (Lipinski definition) is 3. The van der Waals surface area contributed by atoms with Crippen LogP contribution in [0.15, 0.2) is 12.2 Å². The highest BCUT2D eigenvalue weighted by molar-refractivity contribution is 4.88. The molecular weight excluding hydrogens is 132 g/mol. The molecule has 3 nitrogen and oxygen atoms in total. The molecule has 1 aliphatic rings. The van der Waals surface area contributed by atoms with Crippen molar-refractivity contribution in [2.75, 3.05) is 20.0 Å². The zero-order chi connectivity index (χ0) is 7.23. The van der Waals surface area contributed by atoms with Crippen LogP contribution in [0.5, 0.6) is 0 Å². The van der Waals surface area contributed by atoms with E-state index in [1.807, 2.05) is 0 Å². The largest absolute Gasteiger partial charge is 0.389 e. The van der Waals surface area contributed by atoms with Gasteiger partial charge in [-0.25, -0.2) is 0 Å². The van der Waals surface area contributed by atoms with Crippen LogP contribution in [-0.2, 0) is 9.47 Å². The van der Waals surface area contributed by atoms with Gasteiger partial charge in [0.2, 0.25) is 0 Å². The van der Waals surface area contributed by atoms with Crippen molar-refractivity contribution in [3.05, 3.63) is 12.2 Å². The summed E-state index contributed by atoms with van der Waals surface area (Å²) in [5.74, 6) is 0. The molecule has 1 N–H and O–H groups in total. The molecule has 1 unspecified atom stereocenters. The molecule has 0 saturated heterocycles. The van der Waals surface area contributed by atoms with Gasteiger partial charge in [0.05, 0.1) is 19.3 Å². The summed E-state index contributed by atoms with van der Waals surface area (Å²) in [7, 11) is 0. The molecule has 0 radical (unpaired) electrons. The van der Waals surface area contributed by atoms with E-state index in [2.05, 4.69) is 0 Å². The molecule has 1 rings (SSSR count). The summed E-state index contributed by atoms with van der Waals surface area (Å²) < 4.78 is 9.99. The third kappa shape index (κ3) is 2.96. The van der Waals surface area contributed by atoms with Crippen LogP contribution >= 0.6 is 0 Å². The number of aliphatic hydroxyl groups is 1. The molecule has 3 heteroatoms. The van der Waals surface area contributed by atoms with Gasteiger partial charge in [0.1, 0.15) is 6.79 Å². The van der Waals surface area contributed by atoms with Crippen molar-refractivity contribution in [2.24, 2.45) is 0 Å². The van der Waals surface area contributed by atoms with E-state index in [9.17, 15) is 0 Å². The molecule has 0 aromatic carbocycles. The van der Waals surface area contributed by atoms with E-state index >= 15 is 0 Å². The summed E-state index contributed by atoms with van der Waals surface area (Å²) in [6.45, 7) is 1.42. The summed E-state index contributed by atoms with van der Waals surface area (Å²) in [5, 5.41) is 9.12. The first-order valence-corrected chi connectivity index (χ1v) is 3.40. The van der Waals surface area contributed by atoms with Crippen LogP contribution in [-0.4, -0.2) is 31.2 Å². The van der Waals surface area contributed by atoms with Crippen molar-refractivity contribution in [2.45, 2.75) is 12.5 Å². The normalized spacial score (nSPS) is 31.9. The van der Waals surface area contributed by atoms with Crippen molar-refractivity contribution in [1.29, 1.82) is 0 Å². The Bertz CT molecular complexity index is 111. The molecule has 58 valence electrons. The average Bonchev–Trinajstić information content (AvgIpc) is 2.02. The molecule has 0 amide bonds. The lowest BCUT2D eigenvalue weighted by Crippen LogP contribution is -2.06. The molecular formula is C7H12O3. The van der Waals surface area contributed by atoms with Crippen molar-refractivity contribution < 1.29 is 14.6 Å². The third-order valence-electron chi connectivity index (χ3n) is 1.30. The highest BCUT2D eigenvalue weighted by Crippen LogP contribution is 1.97. The fourth-order valence-corrected chi connectivity index (χ4v) is 0.747. The van der Waals surface area contributed by atoms with E-state index in [1.165, 1.54) is 0 Å². The SMILES string of the molecule is OC1/C=C/COCOCC1. The fourth-order valence-electron chi connectivity index (χ4n) is 0.747. The van der Waals surface area contributed by atoms with Gasteiger partial charge in [-0.15, -0.1) is 0 Å². The minimum atomic E-state index is -0.373. The van der Waals surface area contributed by atoms with Gasteiger partial charge in [-0.3, -0.25) is 0 Å².